The Kier molecular flexibility index (Phi) is 3.24. The number of rotatable bonds is 2. The highest BCUT2D eigenvalue weighted by Gasteiger charge is 2.15. The van der Waals surface area contributed by atoms with Crippen LogP contribution in [-0.4, -0.2) is 7.11 Å². The molecular weight excluding hydrogens is 272 g/mol. The second kappa shape index (κ2) is 5.06. The third-order valence-electron chi connectivity index (χ3n) is 3.11. The van der Waals surface area contributed by atoms with E-state index in [1.165, 1.54) is 0 Å². The maximum Gasteiger partial charge on any atom is 0.206 e. The molecule has 0 atom stereocenters. The molecule has 0 spiro atoms. The van der Waals surface area contributed by atoms with Crippen LogP contribution in [0.5, 0.6) is 5.75 Å². The minimum Gasteiger partial charge on any atom is -0.493 e. The Morgan fingerprint density at radius 2 is 1.80 bits per heavy atom. The van der Waals surface area contributed by atoms with Gasteiger partial charge >= 0.3 is 0 Å². The summed E-state index contributed by atoms with van der Waals surface area (Å²) in [6, 6.07) is 14.6. The van der Waals surface area contributed by atoms with E-state index in [1.807, 2.05) is 30.3 Å². The lowest BCUT2D eigenvalue weighted by Crippen LogP contribution is -2.05. The molecule has 0 aliphatic heterocycles. The largest absolute Gasteiger partial charge is 0.493 e. The number of para-hydroxylation sites is 1. The van der Waals surface area contributed by atoms with E-state index >= 15 is 0 Å². The summed E-state index contributed by atoms with van der Waals surface area (Å²) in [6.07, 6.45) is 0. The van der Waals surface area contributed by atoms with E-state index in [4.69, 9.17) is 9.15 Å². The first-order valence-electron chi connectivity index (χ1n) is 6.10. The summed E-state index contributed by atoms with van der Waals surface area (Å²) in [5, 5.41) is 0.467. The molecule has 100 valence electrons. The molecule has 0 aliphatic carbocycles. The highest BCUT2D eigenvalue weighted by atomic mass is 32.1. The SMILES string of the molecule is COc1cccc2c(=O)c(S)c(-c3ccccc3)oc12. The van der Waals surface area contributed by atoms with Crippen molar-refractivity contribution in [1.82, 2.24) is 0 Å². The topological polar surface area (TPSA) is 39.4 Å². The van der Waals surface area contributed by atoms with Crippen molar-refractivity contribution in [3.63, 3.8) is 0 Å². The van der Waals surface area contributed by atoms with Gasteiger partial charge in [-0.05, 0) is 12.1 Å². The molecule has 0 aliphatic rings. The van der Waals surface area contributed by atoms with Crippen molar-refractivity contribution in [1.29, 1.82) is 0 Å². The van der Waals surface area contributed by atoms with Crippen molar-refractivity contribution in [3.8, 4) is 17.1 Å². The van der Waals surface area contributed by atoms with Crippen molar-refractivity contribution >= 4 is 23.6 Å². The van der Waals surface area contributed by atoms with Crippen LogP contribution in [-0.2, 0) is 0 Å². The molecule has 1 aromatic heterocycles. The van der Waals surface area contributed by atoms with Crippen LogP contribution in [0.15, 0.2) is 62.6 Å². The lowest BCUT2D eigenvalue weighted by Gasteiger charge is -2.09. The van der Waals surface area contributed by atoms with Gasteiger partial charge in [0.25, 0.3) is 0 Å². The summed E-state index contributed by atoms with van der Waals surface area (Å²) in [6.45, 7) is 0. The predicted octanol–water partition coefficient (Wildman–Crippen LogP) is 3.76. The molecule has 0 bridgehead atoms. The molecule has 0 unspecified atom stereocenters. The second-order valence-corrected chi connectivity index (χ2v) is 4.76. The normalized spacial score (nSPS) is 10.7. The van der Waals surface area contributed by atoms with Crippen molar-refractivity contribution in [2.75, 3.05) is 7.11 Å². The Hall–Kier alpha value is -2.20. The van der Waals surface area contributed by atoms with E-state index in [2.05, 4.69) is 12.6 Å². The molecular formula is C16H12O3S. The molecule has 0 amide bonds. The summed E-state index contributed by atoms with van der Waals surface area (Å²) in [7, 11) is 1.55. The first kappa shape index (κ1) is 12.8. The van der Waals surface area contributed by atoms with Gasteiger partial charge in [-0.2, -0.15) is 0 Å². The summed E-state index contributed by atoms with van der Waals surface area (Å²) >= 11 is 4.32. The third-order valence-corrected chi connectivity index (χ3v) is 3.52. The fraction of sp³-hybridized carbons (Fsp3) is 0.0625. The third kappa shape index (κ3) is 1.98. The fourth-order valence-electron chi connectivity index (χ4n) is 2.13. The van der Waals surface area contributed by atoms with Crippen molar-refractivity contribution in [3.05, 3.63) is 58.8 Å². The summed E-state index contributed by atoms with van der Waals surface area (Å²) in [5.74, 6) is 0.987. The standard InChI is InChI=1S/C16H12O3S/c1-18-12-9-5-8-11-13(17)16(20)14(19-15(11)12)10-6-3-2-4-7-10/h2-9,20H,1H3. The highest BCUT2D eigenvalue weighted by Crippen LogP contribution is 2.31. The molecule has 2 aromatic carbocycles. The molecule has 0 saturated heterocycles. The van der Waals surface area contributed by atoms with Gasteiger partial charge in [0, 0.05) is 5.56 Å². The molecule has 3 aromatic rings. The van der Waals surface area contributed by atoms with Gasteiger partial charge in [0.1, 0.15) is 0 Å². The van der Waals surface area contributed by atoms with Gasteiger partial charge in [-0.1, -0.05) is 36.4 Å². The van der Waals surface area contributed by atoms with E-state index < -0.39 is 0 Å². The van der Waals surface area contributed by atoms with Crippen molar-refractivity contribution < 1.29 is 9.15 Å². The monoisotopic (exact) mass is 284 g/mol. The Balaban J connectivity index is 2.40. The highest BCUT2D eigenvalue weighted by molar-refractivity contribution is 7.80. The van der Waals surface area contributed by atoms with Crippen LogP contribution in [0, 0.1) is 0 Å². The Bertz CT molecular complexity index is 822. The molecule has 3 nitrogen and oxygen atoms in total. The van der Waals surface area contributed by atoms with Crippen molar-refractivity contribution in [2.45, 2.75) is 4.90 Å². The quantitative estimate of drug-likeness (QED) is 0.728. The molecule has 4 heteroatoms. The van der Waals surface area contributed by atoms with E-state index in [0.717, 1.165) is 5.56 Å². The van der Waals surface area contributed by atoms with Crippen LogP contribution in [0.4, 0.5) is 0 Å². The zero-order valence-corrected chi connectivity index (χ0v) is 11.7. The lowest BCUT2D eigenvalue weighted by molar-refractivity contribution is 0.409. The second-order valence-electron chi connectivity index (χ2n) is 4.31. The molecule has 1 heterocycles. The van der Waals surface area contributed by atoms with E-state index in [9.17, 15) is 4.79 Å². The minimum atomic E-state index is -0.160. The summed E-state index contributed by atoms with van der Waals surface area (Å²) in [4.78, 5) is 12.7. The van der Waals surface area contributed by atoms with Crippen LogP contribution < -0.4 is 10.2 Å². The number of hydrogen-bond acceptors (Lipinski definition) is 4. The van der Waals surface area contributed by atoms with Crippen LogP contribution in [0.2, 0.25) is 0 Å². The summed E-state index contributed by atoms with van der Waals surface area (Å²) in [5.41, 5.74) is 1.09. The van der Waals surface area contributed by atoms with Crippen LogP contribution >= 0.6 is 12.6 Å². The number of ether oxygens (including phenoxy) is 1. The smallest absolute Gasteiger partial charge is 0.206 e. The number of fused-ring (bicyclic) bond motifs is 1. The van der Waals surface area contributed by atoms with Crippen LogP contribution in [0.25, 0.3) is 22.3 Å². The van der Waals surface area contributed by atoms with E-state index in [0.29, 0.717) is 27.4 Å². The van der Waals surface area contributed by atoms with Gasteiger partial charge in [-0.3, -0.25) is 4.79 Å². The zero-order valence-electron chi connectivity index (χ0n) is 10.8. The van der Waals surface area contributed by atoms with E-state index in [-0.39, 0.29) is 5.43 Å². The minimum absolute atomic E-state index is 0.160. The van der Waals surface area contributed by atoms with E-state index in [1.54, 1.807) is 25.3 Å². The van der Waals surface area contributed by atoms with Gasteiger partial charge in [0.15, 0.2) is 17.1 Å². The molecule has 0 saturated carbocycles. The molecule has 3 rings (SSSR count). The van der Waals surface area contributed by atoms with Gasteiger partial charge in [-0.25, -0.2) is 0 Å². The first-order valence-corrected chi connectivity index (χ1v) is 6.55. The average molecular weight is 284 g/mol. The van der Waals surface area contributed by atoms with Crippen LogP contribution in [0.1, 0.15) is 0 Å². The average Bonchev–Trinajstić information content (AvgIpc) is 2.51. The fourth-order valence-corrected chi connectivity index (χ4v) is 2.42. The predicted molar refractivity (Wildman–Crippen MR) is 81.7 cm³/mol. The maximum atomic E-state index is 12.4. The number of methoxy groups -OCH3 is 1. The first-order chi connectivity index (χ1) is 9.72. The molecule has 0 radical (unpaired) electrons. The van der Waals surface area contributed by atoms with Gasteiger partial charge in [0.05, 0.1) is 17.4 Å². The van der Waals surface area contributed by atoms with Crippen molar-refractivity contribution in [2.24, 2.45) is 0 Å². The number of benzene rings is 2. The van der Waals surface area contributed by atoms with Crippen LogP contribution in [0.3, 0.4) is 0 Å². The lowest BCUT2D eigenvalue weighted by atomic mass is 10.1. The Morgan fingerprint density at radius 3 is 2.50 bits per heavy atom. The molecule has 0 fully saturated rings. The number of thiol groups is 1. The molecule has 0 N–H and O–H groups in total. The molecule has 20 heavy (non-hydrogen) atoms. The Morgan fingerprint density at radius 1 is 1.05 bits per heavy atom. The summed E-state index contributed by atoms with van der Waals surface area (Å²) < 4.78 is 11.1. The maximum absolute atomic E-state index is 12.4. The zero-order chi connectivity index (χ0) is 14.1. The number of hydrogen-bond donors (Lipinski definition) is 1. The van der Waals surface area contributed by atoms with Gasteiger partial charge in [0.2, 0.25) is 5.43 Å². The van der Waals surface area contributed by atoms with Gasteiger partial charge < -0.3 is 9.15 Å². The Labute approximate surface area is 121 Å². The van der Waals surface area contributed by atoms with Gasteiger partial charge in [-0.15, -0.1) is 12.6 Å².